The molecule has 1 amide bonds. The van der Waals surface area contributed by atoms with Gasteiger partial charge in [0.05, 0.1) is 54.4 Å². The van der Waals surface area contributed by atoms with Crippen LogP contribution in [0.5, 0.6) is 0 Å². The van der Waals surface area contributed by atoms with Gasteiger partial charge in [0.25, 0.3) is 5.91 Å². The van der Waals surface area contributed by atoms with Crippen molar-refractivity contribution in [3.05, 3.63) is 62.8 Å². The number of ketones is 1. The summed E-state index contributed by atoms with van der Waals surface area (Å²) in [5.74, 6) is -1.27. The summed E-state index contributed by atoms with van der Waals surface area (Å²) in [7, 11) is 4.00. The Morgan fingerprint density at radius 1 is 1.26 bits per heavy atom. The number of quaternary nitrogens is 1. The maximum absolute atomic E-state index is 13.3. The monoisotopic (exact) mass is 386 g/mol. The van der Waals surface area contributed by atoms with Crippen molar-refractivity contribution >= 4 is 23.0 Å². The molecule has 0 saturated carbocycles. The fourth-order valence-electron chi connectivity index (χ4n) is 3.31. The molecule has 1 aliphatic heterocycles. The summed E-state index contributed by atoms with van der Waals surface area (Å²) >= 11 is 1.29. The number of hydrogen-bond donors (Lipinski definition) is 2. The molecule has 1 atom stereocenters. The van der Waals surface area contributed by atoms with Crippen molar-refractivity contribution in [2.45, 2.75) is 19.9 Å². The Balaban J connectivity index is 2.07. The Kier molecular flexibility index (Phi) is 5.43. The van der Waals surface area contributed by atoms with E-state index in [9.17, 15) is 14.7 Å². The number of nitrogens with zero attached hydrogens (tertiary/aromatic N) is 2. The maximum Gasteiger partial charge on any atom is 0.290 e. The molecule has 0 bridgehead atoms. The number of Topliss-reactive ketones (excluding diaryl/α,β-unsaturated/α-hetero) is 1. The van der Waals surface area contributed by atoms with E-state index in [4.69, 9.17) is 0 Å². The van der Waals surface area contributed by atoms with E-state index in [2.05, 4.69) is 4.98 Å². The SMILES string of the molecule is Cc1nc(C)c(C(=O)C2=C(O)C(=O)N(CC[NH+](C)C)[C@H]2c2ccccc2)s1. The number of amides is 1. The highest BCUT2D eigenvalue weighted by Crippen LogP contribution is 2.39. The zero-order valence-electron chi connectivity index (χ0n) is 15.9. The molecule has 0 fully saturated rings. The van der Waals surface area contributed by atoms with E-state index in [1.165, 1.54) is 16.2 Å². The van der Waals surface area contributed by atoms with Crippen LogP contribution in [0.4, 0.5) is 0 Å². The van der Waals surface area contributed by atoms with Gasteiger partial charge in [-0.05, 0) is 19.4 Å². The standard InChI is InChI=1S/C20H23N3O3S/c1-12-19(27-13(2)21-12)17(24)15-16(14-8-6-5-7-9-14)23(11-10-22(3)4)20(26)18(15)25/h5-9,16,25H,10-11H2,1-4H3/p+1/t16-/m0/s1. The van der Waals surface area contributed by atoms with E-state index >= 15 is 0 Å². The molecule has 0 spiro atoms. The van der Waals surface area contributed by atoms with Crippen molar-refractivity contribution in [1.29, 1.82) is 0 Å². The van der Waals surface area contributed by atoms with Crippen LogP contribution >= 0.6 is 11.3 Å². The number of aliphatic hydroxyl groups is 1. The third-order valence-electron chi connectivity index (χ3n) is 4.63. The average molecular weight is 386 g/mol. The number of aryl methyl sites for hydroxylation is 2. The van der Waals surface area contributed by atoms with Crippen LogP contribution in [0.3, 0.4) is 0 Å². The lowest BCUT2D eigenvalue weighted by molar-refractivity contribution is -0.857. The Morgan fingerprint density at radius 2 is 1.93 bits per heavy atom. The number of thiazole rings is 1. The summed E-state index contributed by atoms with van der Waals surface area (Å²) in [5, 5.41) is 11.4. The first-order chi connectivity index (χ1) is 12.8. The van der Waals surface area contributed by atoms with Gasteiger partial charge in [-0.1, -0.05) is 30.3 Å². The van der Waals surface area contributed by atoms with Crippen molar-refractivity contribution in [3.63, 3.8) is 0 Å². The summed E-state index contributed by atoms with van der Waals surface area (Å²) in [6.07, 6.45) is 0. The second kappa shape index (κ2) is 7.62. The van der Waals surface area contributed by atoms with Gasteiger partial charge in [0.1, 0.15) is 0 Å². The number of likely N-dealkylation sites (N-methyl/N-ethyl adjacent to an activating group) is 1. The third kappa shape index (κ3) is 3.65. The van der Waals surface area contributed by atoms with E-state index in [0.29, 0.717) is 23.7 Å². The first kappa shape index (κ1) is 19.3. The van der Waals surface area contributed by atoms with Crippen LogP contribution in [0.2, 0.25) is 0 Å². The van der Waals surface area contributed by atoms with Crippen molar-refractivity contribution in [1.82, 2.24) is 9.88 Å². The fraction of sp³-hybridized carbons (Fsp3) is 0.350. The summed E-state index contributed by atoms with van der Waals surface area (Å²) in [6, 6.07) is 8.79. The van der Waals surface area contributed by atoms with Crippen LogP contribution in [0.1, 0.15) is 32.0 Å². The van der Waals surface area contributed by atoms with Crippen molar-refractivity contribution in [2.75, 3.05) is 27.2 Å². The summed E-state index contributed by atoms with van der Waals surface area (Å²) in [6.45, 7) is 4.77. The molecule has 27 heavy (non-hydrogen) atoms. The molecule has 2 N–H and O–H groups in total. The molecule has 3 rings (SSSR count). The molecule has 1 aromatic carbocycles. The number of aromatic nitrogens is 1. The van der Waals surface area contributed by atoms with Gasteiger partial charge in [-0.3, -0.25) is 9.59 Å². The van der Waals surface area contributed by atoms with Gasteiger partial charge in [-0.2, -0.15) is 0 Å². The maximum atomic E-state index is 13.3. The van der Waals surface area contributed by atoms with Crippen LogP contribution in [-0.4, -0.2) is 53.9 Å². The van der Waals surface area contributed by atoms with Crippen molar-refractivity contribution in [3.8, 4) is 0 Å². The lowest BCUT2D eigenvalue weighted by Gasteiger charge is -2.27. The highest BCUT2D eigenvalue weighted by atomic mass is 32.1. The zero-order chi connectivity index (χ0) is 19.7. The Hall–Kier alpha value is -2.51. The van der Waals surface area contributed by atoms with Crippen LogP contribution in [0.15, 0.2) is 41.7 Å². The predicted molar refractivity (Wildman–Crippen MR) is 104 cm³/mol. The number of carbonyl (C=O) groups excluding carboxylic acids is 2. The molecule has 0 unspecified atom stereocenters. The van der Waals surface area contributed by atoms with Gasteiger partial charge in [-0.15, -0.1) is 11.3 Å². The number of nitrogens with one attached hydrogen (secondary N) is 1. The van der Waals surface area contributed by atoms with Crippen LogP contribution in [0, 0.1) is 13.8 Å². The highest BCUT2D eigenvalue weighted by molar-refractivity contribution is 7.14. The van der Waals surface area contributed by atoms with E-state index in [1.807, 2.05) is 51.4 Å². The second-order valence-corrected chi connectivity index (χ2v) is 8.21. The van der Waals surface area contributed by atoms with Crippen LogP contribution in [-0.2, 0) is 4.79 Å². The largest absolute Gasteiger partial charge is 0.503 e. The molecule has 7 heteroatoms. The molecule has 0 aliphatic carbocycles. The minimum absolute atomic E-state index is 0.145. The van der Waals surface area contributed by atoms with E-state index < -0.39 is 17.7 Å². The van der Waals surface area contributed by atoms with Crippen molar-refractivity contribution < 1.29 is 19.6 Å². The topological polar surface area (TPSA) is 74.9 Å². The lowest BCUT2D eigenvalue weighted by atomic mass is 9.95. The molecule has 6 nitrogen and oxygen atoms in total. The summed E-state index contributed by atoms with van der Waals surface area (Å²) in [4.78, 5) is 33.6. The predicted octanol–water partition coefficient (Wildman–Crippen LogP) is 1.48. The minimum atomic E-state index is -0.590. The molecule has 1 aliphatic rings. The van der Waals surface area contributed by atoms with E-state index in [-0.39, 0.29) is 11.4 Å². The fourth-order valence-corrected chi connectivity index (χ4v) is 4.18. The third-order valence-corrected chi connectivity index (χ3v) is 5.70. The molecule has 1 aromatic heterocycles. The molecule has 142 valence electrons. The molecule has 0 saturated heterocycles. The molecule has 2 aromatic rings. The Morgan fingerprint density at radius 3 is 2.48 bits per heavy atom. The molecular weight excluding hydrogens is 362 g/mol. The number of hydrogen-bond acceptors (Lipinski definition) is 5. The van der Waals surface area contributed by atoms with Crippen LogP contribution < -0.4 is 4.90 Å². The first-order valence-electron chi connectivity index (χ1n) is 8.88. The number of aliphatic hydroxyl groups excluding tert-OH is 1. The highest BCUT2D eigenvalue weighted by Gasteiger charge is 2.44. The normalized spacial score (nSPS) is 17.3. The van der Waals surface area contributed by atoms with E-state index in [0.717, 1.165) is 10.6 Å². The van der Waals surface area contributed by atoms with Gasteiger partial charge in [-0.25, -0.2) is 4.98 Å². The smallest absolute Gasteiger partial charge is 0.290 e. The number of carbonyl (C=O) groups is 2. The Bertz CT molecular complexity index is 902. The number of benzene rings is 1. The first-order valence-corrected chi connectivity index (χ1v) is 9.69. The second-order valence-electron chi connectivity index (χ2n) is 7.01. The van der Waals surface area contributed by atoms with E-state index in [1.54, 1.807) is 11.8 Å². The van der Waals surface area contributed by atoms with Gasteiger partial charge in [0, 0.05) is 0 Å². The molecule has 2 heterocycles. The summed E-state index contributed by atoms with van der Waals surface area (Å²) < 4.78 is 0. The Labute approximate surface area is 162 Å². The van der Waals surface area contributed by atoms with Gasteiger partial charge in [0.2, 0.25) is 5.78 Å². The minimum Gasteiger partial charge on any atom is -0.503 e. The zero-order valence-corrected chi connectivity index (χ0v) is 16.8. The summed E-state index contributed by atoms with van der Waals surface area (Å²) in [5.41, 5.74) is 1.58. The van der Waals surface area contributed by atoms with Crippen LogP contribution in [0.25, 0.3) is 0 Å². The number of rotatable bonds is 6. The molecular formula is C20H24N3O3S+. The van der Waals surface area contributed by atoms with Crippen molar-refractivity contribution in [2.24, 2.45) is 0 Å². The average Bonchev–Trinajstić information content (AvgIpc) is 3.10. The van der Waals surface area contributed by atoms with Gasteiger partial charge < -0.3 is 14.9 Å². The molecule has 0 radical (unpaired) electrons. The van der Waals surface area contributed by atoms with Gasteiger partial charge in [0.15, 0.2) is 5.76 Å². The quantitative estimate of drug-likeness (QED) is 0.738. The lowest BCUT2D eigenvalue weighted by Crippen LogP contribution is -3.06. The van der Waals surface area contributed by atoms with Gasteiger partial charge >= 0.3 is 0 Å².